The Balaban J connectivity index is 1.56. The van der Waals surface area contributed by atoms with E-state index in [0.717, 1.165) is 24.8 Å². The summed E-state index contributed by atoms with van der Waals surface area (Å²) in [6.45, 7) is 2.53. The summed E-state index contributed by atoms with van der Waals surface area (Å²) in [5.74, 6) is -0.511. The van der Waals surface area contributed by atoms with Crippen molar-refractivity contribution in [3.05, 3.63) is 101 Å². The van der Waals surface area contributed by atoms with Crippen LogP contribution in [0.15, 0.2) is 83.8 Å². The number of nitrogens with zero attached hydrogens (tertiary/aromatic N) is 1. The molecule has 0 spiro atoms. The van der Waals surface area contributed by atoms with Crippen LogP contribution in [0.5, 0.6) is 0 Å². The van der Waals surface area contributed by atoms with Crippen LogP contribution in [0.1, 0.15) is 60.1 Å². The van der Waals surface area contributed by atoms with E-state index >= 15 is 0 Å². The van der Waals surface area contributed by atoms with Crippen molar-refractivity contribution >= 4 is 33.4 Å². The van der Waals surface area contributed by atoms with E-state index in [4.69, 9.17) is 11.6 Å². The Morgan fingerprint density at radius 1 is 1.03 bits per heavy atom. The highest BCUT2D eigenvalue weighted by molar-refractivity contribution is 7.89. The van der Waals surface area contributed by atoms with E-state index in [0.29, 0.717) is 29.1 Å². The van der Waals surface area contributed by atoms with Gasteiger partial charge in [0.05, 0.1) is 10.9 Å². The van der Waals surface area contributed by atoms with Crippen molar-refractivity contribution in [2.45, 2.75) is 56.1 Å². The number of nitrogens with one attached hydrogen (secondary N) is 2. The van der Waals surface area contributed by atoms with Gasteiger partial charge in [0.15, 0.2) is 0 Å². The molecule has 2 amide bonds. The molecule has 9 heteroatoms. The average molecular weight is 554 g/mol. The quantitative estimate of drug-likeness (QED) is 0.386. The summed E-state index contributed by atoms with van der Waals surface area (Å²) in [7, 11) is -4.01. The second-order valence-electron chi connectivity index (χ2n) is 9.35. The molecule has 7 nitrogen and oxygen atoms in total. The first kappa shape index (κ1) is 27.8. The molecule has 1 heterocycles. The summed E-state index contributed by atoms with van der Waals surface area (Å²) in [5, 5.41) is 6.33. The standard InChI is InChI=1S/C29H32ClN3O4S/c1-2-26(22-8-4-3-5-9-22)32-28(34)23-13-11-21(12-14-23)20-33(27-10-6-7-19-31-29(27)35)38(36,37)25-17-15-24(30)16-18-25/h3-5,8-9,11-18,26-27H,2,6-7,10,19-20H2,1H3,(H,31,35)(H,32,34)/t26-,27+/m0/s1. The molecule has 38 heavy (non-hydrogen) atoms. The van der Waals surface area contributed by atoms with Crippen LogP contribution >= 0.6 is 11.6 Å². The Morgan fingerprint density at radius 2 is 1.71 bits per heavy atom. The summed E-state index contributed by atoms with van der Waals surface area (Å²) >= 11 is 5.98. The molecule has 3 aromatic rings. The van der Waals surface area contributed by atoms with Crippen LogP contribution < -0.4 is 10.6 Å². The van der Waals surface area contributed by atoms with E-state index < -0.39 is 16.1 Å². The Bertz CT molecular complexity index is 1350. The van der Waals surface area contributed by atoms with E-state index in [1.807, 2.05) is 37.3 Å². The molecule has 1 aliphatic heterocycles. The van der Waals surface area contributed by atoms with Crippen LogP contribution in [0, 0.1) is 0 Å². The molecule has 0 unspecified atom stereocenters. The van der Waals surface area contributed by atoms with E-state index in [2.05, 4.69) is 10.6 Å². The minimum Gasteiger partial charge on any atom is -0.355 e. The fourth-order valence-electron chi connectivity index (χ4n) is 4.59. The molecule has 200 valence electrons. The predicted octanol–water partition coefficient (Wildman–Crippen LogP) is 5.08. The van der Waals surface area contributed by atoms with Crippen molar-refractivity contribution in [2.24, 2.45) is 0 Å². The Kier molecular flexibility index (Phi) is 9.20. The number of halogens is 1. The molecule has 0 bridgehead atoms. The Morgan fingerprint density at radius 3 is 2.37 bits per heavy atom. The highest BCUT2D eigenvalue weighted by Crippen LogP contribution is 2.26. The number of carbonyl (C=O) groups excluding carboxylic acids is 2. The van der Waals surface area contributed by atoms with Gasteiger partial charge in [-0.2, -0.15) is 4.31 Å². The van der Waals surface area contributed by atoms with E-state index in [1.165, 1.54) is 28.6 Å². The predicted molar refractivity (Wildman–Crippen MR) is 148 cm³/mol. The SMILES string of the molecule is CC[C@H](NC(=O)c1ccc(CN([C@@H]2CCCCNC2=O)S(=O)(=O)c2ccc(Cl)cc2)cc1)c1ccccc1. The van der Waals surface area contributed by atoms with Gasteiger partial charge in [0.1, 0.15) is 6.04 Å². The van der Waals surface area contributed by atoms with Gasteiger partial charge in [-0.3, -0.25) is 9.59 Å². The van der Waals surface area contributed by atoms with Crippen LogP contribution in [0.4, 0.5) is 0 Å². The number of benzene rings is 3. The zero-order chi connectivity index (χ0) is 27.1. The smallest absolute Gasteiger partial charge is 0.251 e. The molecule has 2 N–H and O–H groups in total. The molecule has 4 rings (SSSR count). The lowest BCUT2D eigenvalue weighted by Gasteiger charge is -2.29. The van der Waals surface area contributed by atoms with Gasteiger partial charge in [-0.05, 0) is 73.2 Å². The Hall–Kier alpha value is -3.20. The van der Waals surface area contributed by atoms with Gasteiger partial charge >= 0.3 is 0 Å². The fourth-order valence-corrected chi connectivity index (χ4v) is 6.32. The lowest BCUT2D eigenvalue weighted by atomic mass is 10.0. The van der Waals surface area contributed by atoms with Crippen molar-refractivity contribution in [2.75, 3.05) is 6.54 Å². The molecule has 1 fully saturated rings. The van der Waals surface area contributed by atoms with Gasteiger partial charge in [-0.25, -0.2) is 8.42 Å². The topological polar surface area (TPSA) is 95.6 Å². The highest BCUT2D eigenvalue weighted by Gasteiger charge is 2.36. The first-order chi connectivity index (χ1) is 18.3. The monoisotopic (exact) mass is 553 g/mol. The van der Waals surface area contributed by atoms with Crippen molar-refractivity contribution in [3.63, 3.8) is 0 Å². The lowest BCUT2D eigenvalue weighted by molar-refractivity contribution is -0.124. The second kappa shape index (κ2) is 12.6. The minimum atomic E-state index is -4.01. The number of hydrogen-bond donors (Lipinski definition) is 2. The number of carbonyl (C=O) groups is 2. The van der Waals surface area contributed by atoms with Crippen LogP contribution in [0.3, 0.4) is 0 Å². The molecule has 1 aliphatic rings. The summed E-state index contributed by atoms with van der Waals surface area (Å²) in [5.41, 5.74) is 2.18. The van der Waals surface area contributed by atoms with Gasteiger partial charge in [-0.15, -0.1) is 0 Å². The number of hydrogen-bond acceptors (Lipinski definition) is 4. The van der Waals surface area contributed by atoms with Gasteiger partial charge < -0.3 is 10.6 Å². The third-order valence-corrected chi connectivity index (χ3v) is 8.87. The molecule has 3 aromatic carbocycles. The first-order valence-corrected chi connectivity index (χ1v) is 14.6. The van der Waals surface area contributed by atoms with Gasteiger partial charge in [-0.1, -0.05) is 61.0 Å². The fraction of sp³-hybridized carbons (Fsp3) is 0.310. The minimum absolute atomic E-state index is 0.00740. The van der Waals surface area contributed by atoms with E-state index in [9.17, 15) is 18.0 Å². The summed E-state index contributed by atoms with van der Waals surface area (Å²) in [6.07, 6.45) is 2.70. The van der Waals surface area contributed by atoms with Crippen LogP contribution in [-0.2, 0) is 21.4 Å². The number of sulfonamides is 1. The maximum Gasteiger partial charge on any atom is 0.251 e. The maximum atomic E-state index is 13.7. The van der Waals surface area contributed by atoms with Gasteiger partial charge in [0.2, 0.25) is 15.9 Å². The van der Waals surface area contributed by atoms with Crippen molar-refractivity contribution in [1.29, 1.82) is 0 Å². The van der Waals surface area contributed by atoms with E-state index in [1.54, 1.807) is 24.3 Å². The lowest BCUT2D eigenvalue weighted by Crippen LogP contribution is -2.48. The summed E-state index contributed by atoms with van der Waals surface area (Å²) in [4.78, 5) is 25.9. The zero-order valence-corrected chi connectivity index (χ0v) is 22.8. The van der Waals surface area contributed by atoms with Crippen molar-refractivity contribution < 1.29 is 18.0 Å². The molecule has 0 saturated carbocycles. The van der Waals surface area contributed by atoms with E-state index in [-0.39, 0.29) is 29.3 Å². The first-order valence-electron chi connectivity index (χ1n) is 12.8. The normalized spacial score (nSPS) is 16.9. The molecular formula is C29H32ClN3O4S. The Labute approximate surface area is 229 Å². The molecule has 1 saturated heterocycles. The molecule has 2 atom stereocenters. The van der Waals surface area contributed by atoms with Crippen LogP contribution in [0.25, 0.3) is 0 Å². The van der Waals surface area contributed by atoms with Crippen LogP contribution in [-0.4, -0.2) is 37.1 Å². The molecule has 0 aliphatic carbocycles. The summed E-state index contributed by atoms with van der Waals surface area (Å²) in [6, 6.07) is 21.6. The van der Waals surface area contributed by atoms with Gasteiger partial charge in [0, 0.05) is 23.7 Å². The van der Waals surface area contributed by atoms with Gasteiger partial charge in [0.25, 0.3) is 5.91 Å². The summed E-state index contributed by atoms with van der Waals surface area (Å²) < 4.78 is 28.7. The maximum absolute atomic E-state index is 13.7. The third kappa shape index (κ3) is 6.62. The number of rotatable bonds is 9. The highest BCUT2D eigenvalue weighted by atomic mass is 35.5. The molecule has 0 radical (unpaired) electrons. The largest absolute Gasteiger partial charge is 0.355 e. The third-order valence-electron chi connectivity index (χ3n) is 6.74. The van der Waals surface area contributed by atoms with Crippen LogP contribution in [0.2, 0.25) is 5.02 Å². The average Bonchev–Trinajstić information content (AvgIpc) is 3.15. The number of amides is 2. The second-order valence-corrected chi connectivity index (χ2v) is 11.7. The molecule has 0 aromatic heterocycles. The molecular weight excluding hydrogens is 522 g/mol. The van der Waals surface area contributed by atoms with Crippen molar-refractivity contribution in [1.82, 2.24) is 14.9 Å². The zero-order valence-electron chi connectivity index (χ0n) is 21.3. The van der Waals surface area contributed by atoms with Crippen molar-refractivity contribution in [3.8, 4) is 0 Å².